The van der Waals surface area contributed by atoms with Gasteiger partial charge in [0, 0.05) is 25.4 Å². The summed E-state index contributed by atoms with van der Waals surface area (Å²) in [6.07, 6.45) is 0. The molecule has 0 aliphatic heterocycles. The summed E-state index contributed by atoms with van der Waals surface area (Å²) >= 11 is -0.000400. The van der Waals surface area contributed by atoms with Gasteiger partial charge in [-0.2, -0.15) is 13.2 Å². The van der Waals surface area contributed by atoms with E-state index in [-0.39, 0.29) is 17.5 Å². The van der Waals surface area contributed by atoms with Crippen molar-refractivity contribution in [1.82, 2.24) is 5.32 Å². The highest BCUT2D eigenvalue weighted by Gasteiger charge is 2.27. The van der Waals surface area contributed by atoms with Gasteiger partial charge in [-0.25, -0.2) is 0 Å². The Labute approximate surface area is 115 Å². The Morgan fingerprint density at radius 1 is 1.21 bits per heavy atom. The summed E-state index contributed by atoms with van der Waals surface area (Å²) < 4.78 is 41.1. The van der Waals surface area contributed by atoms with Gasteiger partial charge in [-0.1, -0.05) is 24.3 Å². The zero-order valence-corrected chi connectivity index (χ0v) is 11.6. The van der Waals surface area contributed by atoms with E-state index in [0.717, 1.165) is 11.1 Å². The number of alkyl halides is 3. The summed E-state index contributed by atoms with van der Waals surface area (Å²) in [4.78, 5) is 0. The van der Waals surface area contributed by atoms with Crippen molar-refractivity contribution in [3.8, 4) is 0 Å². The van der Waals surface area contributed by atoms with E-state index in [0.29, 0.717) is 26.3 Å². The second-order valence-corrected chi connectivity index (χ2v) is 5.04. The first kappa shape index (κ1) is 16.3. The maximum Gasteiger partial charge on any atom is 0.441 e. The minimum absolute atomic E-state index is 0.000400. The monoisotopic (exact) mass is 293 g/mol. The lowest BCUT2D eigenvalue weighted by Gasteiger charge is -2.11. The molecule has 1 aromatic carbocycles. The quantitative estimate of drug-likeness (QED) is 0.740. The molecule has 0 aliphatic rings. The molecule has 0 aliphatic carbocycles. The molecule has 1 N–H and O–H groups in total. The van der Waals surface area contributed by atoms with Crippen LogP contribution in [0.25, 0.3) is 0 Å². The van der Waals surface area contributed by atoms with Gasteiger partial charge in [-0.3, -0.25) is 0 Å². The van der Waals surface area contributed by atoms with Gasteiger partial charge in [0.15, 0.2) is 0 Å². The Hall–Kier alpha value is -0.720. The van der Waals surface area contributed by atoms with Crippen LogP contribution in [0.4, 0.5) is 13.2 Å². The van der Waals surface area contributed by atoms with Crippen molar-refractivity contribution < 1.29 is 17.9 Å². The zero-order valence-electron chi connectivity index (χ0n) is 10.8. The Morgan fingerprint density at radius 3 is 2.53 bits per heavy atom. The minimum Gasteiger partial charge on any atom is -0.377 e. The second kappa shape index (κ2) is 8.45. The topological polar surface area (TPSA) is 21.3 Å². The summed E-state index contributed by atoms with van der Waals surface area (Å²) in [7, 11) is 0. The number of ether oxygens (including phenoxy) is 1. The molecule has 108 valence electrons. The average Bonchev–Trinajstić information content (AvgIpc) is 2.36. The van der Waals surface area contributed by atoms with E-state index < -0.39 is 5.51 Å². The first-order valence-corrected chi connectivity index (χ1v) is 7.07. The van der Waals surface area contributed by atoms with Crippen molar-refractivity contribution in [2.45, 2.75) is 25.6 Å². The molecule has 0 fully saturated rings. The van der Waals surface area contributed by atoms with Crippen molar-refractivity contribution in [2.75, 3.05) is 18.9 Å². The molecule has 0 spiro atoms. The van der Waals surface area contributed by atoms with Crippen LogP contribution >= 0.6 is 11.8 Å². The lowest BCUT2D eigenvalue weighted by Crippen LogP contribution is -2.19. The van der Waals surface area contributed by atoms with Gasteiger partial charge in [-0.05, 0) is 29.8 Å². The third-order valence-corrected chi connectivity index (χ3v) is 3.18. The Kier molecular flexibility index (Phi) is 7.27. The predicted molar refractivity (Wildman–Crippen MR) is 72.0 cm³/mol. The highest BCUT2D eigenvalue weighted by atomic mass is 32.2. The summed E-state index contributed by atoms with van der Waals surface area (Å²) in [6.45, 7) is 3.99. The van der Waals surface area contributed by atoms with E-state index >= 15 is 0 Å². The first-order valence-electron chi connectivity index (χ1n) is 6.09. The van der Waals surface area contributed by atoms with Gasteiger partial charge >= 0.3 is 5.51 Å². The number of benzene rings is 1. The highest BCUT2D eigenvalue weighted by molar-refractivity contribution is 8.00. The van der Waals surface area contributed by atoms with Crippen LogP contribution in [0.2, 0.25) is 0 Å². The van der Waals surface area contributed by atoms with E-state index in [1.165, 1.54) is 0 Å². The van der Waals surface area contributed by atoms with Gasteiger partial charge < -0.3 is 10.1 Å². The number of hydrogen-bond donors (Lipinski definition) is 1. The van der Waals surface area contributed by atoms with E-state index in [2.05, 4.69) is 5.32 Å². The largest absolute Gasteiger partial charge is 0.441 e. The fraction of sp³-hybridized carbons (Fsp3) is 0.538. The molecule has 0 bridgehead atoms. The van der Waals surface area contributed by atoms with Gasteiger partial charge in [0.1, 0.15) is 0 Å². The molecule has 2 nitrogen and oxygen atoms in total. The number of thioether (sulfide) groups is 1. The third kappa shape index (κ3) is 7.44. The predicted octanol–water partition coefficient (Wildman–Crippen LogP) is 3.57. The molecule has 0 saturated heterocycles. The molecule has 0 amide bonds. The van der Waals surface area contributed by atoms with Crippen LogP contribution in [-0.4, -0.2) is 24.4 Å². The van der Waals surface area contributed by atoms with Crippen LogP contribution in [0.1, 0.15) is 18.1 Å². The Balaban J connectivity index is 2.32. The number of rotatable bonds is 8. The lowest BCUT2D eigenvalue weighted by atomic mass is 10.1. The maximum atomic E-state index is 11.9. The fourth-order valence-electron chi connectivity index (χ4n) is 1.54. The fourth-order valence-corrected chi connectivity index (χ4v) is 2.02. The smallest absolute Gasteiger partial charge is 0.377 e. The van der Waals surface area contributed by atoms with E-state index in [4.69, 9.17) is 4.74 Å². The minimum atomic E-state index is -4.14. The van der Waals surface area contributed by atoms with Crippen molar-refractivity contribution in [3.63, 3.8) is 0 Å². The van der Waals surface area contributed by atoms with Gasteiger partial charge in [0.2, 0.25) is 0 Å². The Morgan fingerprint density at radius 2 is 1.89 bits per heavy atom. The first-order chi connectivity index (χ1) is 9.03. The highest BCUT2D eigenvalue weighted by Crippen LogP contribution is 2.29. The van der Waals surface area contributed by atoms with Crippen LogP contribution in [0, 0.1) is 0 Å². The van der Waals surface area contributed by atoms with E-state index in [1.54, 1.807) is 0 Å². The molecule has 1 aromatic rings. The standard InChI is InChI=1S/C13H18F3NOS/c1-2-18-10-12-6-4-3-5-11(12)9-17-7-8-19-13(14,15)16/h3-6,17H,2,7-10H2,1H3. The van der Waals surface area contributed by atoms with Crippen molar-refractivity contribution >= 4 is 11.8 Å². The van der Waals surface area contributed by atoms with Gasteiger partial charge in [0.25, 0.3) is 0 Å². The summed E-state index contributed by atoms with van der Waals surface area (Å²) in [6, 6.07) is 7.77. The molecule has 0 aromatic heterocycles. The summed E-state index contributed by atoms with van der Waals surface area (Å²) in [5.74, 6) is 0.0249. The SMILES string of the molecule is CCOCc1ccccc1CNCCSC(F)(F)F. The molecule has 0 saturated carbocycles. The molecule has 0 unspecified atom stereocenters. The van der Waals surface area contributed by atoms with Gasteiger partial charge in [-0.15, -0.1) is 0 Å². The van der Waals surface area contributed by atoms with Crippen LogP contribution < -0.4 is 5.32 Å². The van der Waals surface area contributed by atoms with Crippen molar-refractivity contribution in [1.29, 1.82) is 0 Å². The molecular weight excluding hydrogens is 275 g/mol. The molecule has 0 radical (unpaired) electrons. The molecule has 1 rings (SSSR count). The third-order valence-electron chi connectivity index (χ3n) is 2.44. The zero-order chi connectivity index (χ0) is 14.1. The number of halogens is 3. The van der Waals surface area contributed by atoms with Crippen molar-refractivity contribution in [3.05, 3.63) is 35.4 Å². The van der Waals surface area contributed by atoms with Crippen LogP contribution in [0.5, 0.6) is 0 Å². The molecule has 6 heteroatoms. The van der Waals surface area contributed by atoms with Crippen LogP contribution in [-0.2, 0) is 17.9 Å². The summed E-state index contributed by atoms with van der Waals surface area (Å²) in [5, 5.41) is 3.01. The average molecular weight is 293 g/mol. The summed E-state index contributed by atoms with van der Waals surface area (Å²) in [5.41, 5.74) is -2.01. The molecule has 0 heterocycles. The van der Waals surface area contributed by atoms with E-state index in [9.17, 15) is 13.2 Å². The van der Waals surface area contributed by atoms with Crippen molar-refractivity contribution in [2.24, 2.45) is 0 Å². The molecule has 0 atom stereocenters. The molecule has 19 heavy (non-hydrogen) atoms. The van der Waals surface area contributed by atoms with Gasteiger partial charge in [0.05, 0.1) is 6.61 Å². The lowest BCUT2D eigenvalue weighted by molar-refractivity contribution is -0.0327. The number of hydrogen-bond acceptors (Lipinski definition) is 3. The second-order valence-electron chi connectivity index (χ2n) is 3.88. The van der Waals surface area contributed by atoms with Crippen LogP contribution in [0.15, 0.2) is 24.3 Å². The molecular formula is C13H18F3NOS. The van der Waals surface area contributed by atoms with E-state index in [1.807, 2.05) is 31.2 Å². The Bertz CT molecular complexity index is 371. The maximum absolute atomic E-state index is 11.9. The van der Waals surface area contributed by atoms with Crippen LogP contribution in [0.3, 0.4) is 0 Å². The normalized spacial score (nSPS) is 11.8. The number of nitrogens with one attached hydrogen (secondary N) is 1.